The molecule has 132 valence electrons. The first kappa shape index (κ1) is 16.7. The molecule has 0 saturated heterocycles. The van der Waals surface area contributed by atoms with Crippen molar-refractivity contribution in [2.24, 2.45) is 0 Å². The molecule has 0 atom stereocenters. The fraction of sp³-hybridized carbons (Fsp3) is 0.158. The monoisotopic (exact) mass is 367 g/mol. The molecule has 0 amide bonds. The van der Waals surface area contributed by atoms with Gasteiger partial charge >= 0.3 is 0 Å². The van der Waals surface area contributed by atoms with E-state index in [-0.39, 0.29) is 5.56 Å². The van der Waals surface area contributed by atoms with Gasteiger partial charge in [-0.3, -0.25) is 4.79 Å². The van der Waals surface area contributed by atoms with E-state index in [9.17, 15) is 4.79 Å². The summed E-state index contributed by atoms with van der Waals surface area (Å²) in [5.74, 6) is 0. The number of aromatic amines is 1. The molecule has 7 heteroatoms. The molecule has 1 aromatic carbocycles. The van der Waals surface area contributed by atoms with E-state index in [1.54, 1.807) is 17.5 Å². The van der Waals surface area contributed by atoms with Gasteiger partial charge in [0.1, 0.15) is 5.65 Å². The van der Waals surface area contributed by atoms with E-state index in [0.29, 0.717) is 11.3 Å². The average molecular weight is 367 g/mol. The predicted molar refractivity (Wildman–Crippen MR) is 101 cm³/mol. The van der Waals surface area contributed by atoms with E-state index in [2.05, 4.69) is 33.7 Å². The first-order valence-electron chi connectivity index (χ1n) is 8.02. The van der Waals surface area contributed by atoms with Crippen LogP contribution in [0.4, 0.5) is 0 Å². The molecule has 26 heavy (non-hydrogen) atoms. The topological polar surface area (TPSA) is 68.6 Å². The Labute approximate surface area is 153 Å². The van der Waals surface area contributed by atoms with E-state index >= 15 is 0 Å². The summed E-state index contributed by atoms with van der Waals surface area (Å²) >= 11 is 1.61. The summed E-state index contributed by atoms with van der Waals surface area (Å²) in [6, 6.07) is 13.7. The lowest BCUT2D eigenvalue weighted by atomic mass is 10.1. The van der Waals surface area contributed by atoms with E-state index in [0.717, 1.165) is 21.6 Å². The van der Waals surface area contributed by atoms with Gasteiger partial charge < -0.3 is 14.5 Å². The second-order valence-electron chi connectivity index (χ2n) is 5.75. The summed E-state index contributed by atoms with van der Waals surface area (Å²) in [4.78, 5) is 16.6. The summed E-state index contributed by atoms with van der Waals surface area (Å²) in [5.41, 5.74) is 4.08. The Bertz CT molecular complexity index is 1090. The molecule has 3 heterocycles. The van der Waals surface area contributed by atoms with Crippen molar-refractivity contribution >= 4 is 17.0 Å². The van der Waals surface area contributed by atoms with Crippen LogP contribution in [0.1, 0.15) is 12.0 Å². The highest BCUT2D eigenvalue weighted by molar-refractivity contribution is 7.14. The molecule has 0 spiro atoms. The Kier molecular flexibility index (Phi) is 4.42. The number of H-pyrrole nitrogens is 1. The molecule has 0 bridgehead atoms. The SMILES string of the molecule is COC(OC)c1cc(=O)n2ncc(-c3cc(-c4ccccc4)cs3)c2[nH]1. The van der Waals surface area contributed by atoms with Crippen LogP contribution < -0.4 is 5.56 Å². The lowest BCUT2D eigenvalue weighted by molar-refractivity contribution is -0.108. The number of nitrogens with one attached hydrogen (secondary N) is 1. The van der Waals surface area contributed by atoms with Gasteiger partial charge in [-0.25, -0.2) is 0 Å². The average Bonchev–Trinajstić information content (AvgIpc) is 3.30. The lowest BCUT2D eigenvalue weighted by Crippen LogP contribution is -2.18. The number of hydrogen-bond donors (Lipinski definition) is 1. The fourth-order valence-corrected chi connectivity index (χ4v) is 3.85. The molecule has 0 aliphatic heterocycles. The molecule has 0 radical (unpaired) electrons. The second-order valence-corrected chi connectivity index (χ2v) is 6.66. The third-order valence-electron chi connectivity index (χ3n) is 4.17. The van der Waals surface area contributed by atoms with E-state index in [1.165, 1.54) is 24.8 Å². The minimum absolute atomic E-state index is 0.237. The van der Waals surface area contributed by atoms with Crippen molar-refractivity contribution in [1.29, 1.82) is 0 Å². The van der Waals surface area contributed by atoms with Crippen LogP contribution in [0, 0.1) is 0 Å². The number of rotatable bonds is 5. The third-order valence-corrected chi connectivity index (χ3v) is 5.14. The van der Waals surface area contributed by atoms with Crippen molar-refractivity contribution in [2.75, 3.05) is 14.2 Å². The molecule has 0 aliphatic rings. The zero-order chi connectivity index (χ0) is 18.1. The van der Waals surface area contributed by atoms with Crippen molar-refractivity contribution in [2.45, 2.75) is 6.29 Å². The molecule has 4 rings (SSSR count). The zero-order valence-electron chi connectivity index (χ0n) is 14.3. The van der Waals surface area contributed by atoms with Gasteiger partial charge in [0, 0.05) is 25.2 Å². The maximum atomic E-state index is 12.4. The van der Waals surface area contributed by atoms with E-state index in [4.69, 9.17) is 9.47 Å². The first-order chi connectivity index (χ1) is 12.7. The Balaban J connectivity index is 1.82. The molecule has 1 N–H and O–H groups in total. The smallest absolute Gasteiger partial charge is 0.274 e. The van der Waals surface area contributed by atoms with Crippen LogP contribution in [-0.2, 0) is 9.47 Å². The van der Waals surface area contributed by atoms with Gasteiger partial charge in [0.05, 0.1) is 17.5 Å². The molecule has 6 nitrogen and oxygen atoms in total. The fourth-order valence-electron chi connectivity index (χ4n) is 2.92. The van der Waals surface area contributed by atoms with Crippen LogP contribution in [0.3, 0.4) is 0 Å². The normalized spacial score (nSPS) is 11.5. The van der Waals surface area contributed by atoms with Gasteiger partial charge in [-0.05, 0) is 22.6 Å². The summed E-state index contributed by atoms with van der Waals surface area (Å²) < 4.78 is 11.9. The van der Waals surface area contributed by atoms with Gasteiger partial charge in [-0.1, -0.05) is 30.3 Å². The van der Waals surface area contributed by atoms with Gasteiger partial charge in [-0.2, -0.15) is 9.61 Å². The van der Waals surface area contributed by atoms with Crippen molar-refractivity contribution in [3.05, 3.63) is 70.1 Å². The number of benzene rings is 1. The van der Waals surface area contributed by atoms with Crippen molar-refractivity contribution in [3.63, 3.8) is 0 Å². The number of aromatic nitrogens is 3. The summed E-state index contributed by atoms with van der Waals surface area (Å²) in [5, 5.41) is 6.33. The maximum absolute atomic E-state index is 12.4. The van der Waals surface area contributed by atoms with Crippen molar-refractivity contribution in [3.8, 4) is 21.6 Å². The second kappa shape index (κ2) is 6.87. The predicted octanol–water partition coefficient (Wildman–Crippen LogP) is 3.71. The maximum Gasteiger partial charge on any atom is 0.274 e. The van der Waals surface area contributed by atoms with Crippen LogP contribution in [0.15, 0.2) is 58.8 Å². The Morgan fingerprint density at radius 2 is 1.88 bits per heavy atom. The zero-order valence-corrected chi connectivity index (χ0v) is 15.1. The van der Waals surface area contributed by atoms with E-state index in [1.807, 2.05) is 18.2 Å². The van der Waals surface area contributed by atoms with Crippen LogP contribution >= 0.6 is 11.3 Å². The number of thiophene rings is 1. The number of nitrogens with zero attached hydrogens (tertiary/aromatic N) is 2. The molecule has 0 aliphatic carbocycles. The highest BCUT2D eigenvalue weighted by atomic mass is 32.1. The van der Waals surface area contributed by atoms with Crippen LogP contribution in [0.2, 0.25) is 0 Å². The summed E-state index contributed by atoms with van der Waals surface area (Å²) in [7, 11) is 3.05. The van der Waals surface area contributed by atoms with Crippen LogP contribution in [0.25, 0.3) is 27.2 Å². The van der Waals surface area contributed by atoms with Crippen molar-refractivity contribution in [1.82, 2.24) is 14.6 Å². The van der Waals surface area contributed by atoms with Crippen LogP contribution in [-0.4, -0.2) is 28.8 Å². The molecule has 3 aromatic heterocycles. The number of hydrogen-bond acceptors (Lipinski definition) is 5. The molecule has 0 saturated carbocycles. The molecule has 0 fully saturated rings. The minimum atomic E-state index is -0.640. The Hall–Kier alpha value is -2.74. The van der Waals surface area contributed by atoms with Gasteiger partial charge in [-0.15, -0.1) is 11.3 Å². The Morgan fingerprint density at radius 1 is 1.12 bits per heavy atom. The molecular formula is C19H17N3O3S. The van der Waals surface area contributed by atoms with Crippen molar-refractivity contribution < 1.29 is 9.47 Å². The third kappa shape index (κ3) is 2.86. The van der Waals surface area contributed by atoms with Crippen LogP contribution in [0.5, 0.6) is 0 Å². The highest BCUT2D eigenvalue weighted by Crippen LogP contribution is 2.34. The molecule has 4 aromatic rings. The van der Waals surface area contributed by atoms with E-state index < -0.39 is 6.29 Å². The molecular weight excluding hydrogens is 350 g/mol. The van der Waals surface area contributed by atoms with Gasteiger partial charge in [0.2, 0.25) is 0 Å². The summed E-state index contributed by atoms with van der Waals surface area (Å²) in [6.07, 6.45) is 1.06. The summed E-state index contributed by atoms with van der Waals surface area (Å²) in [6.45, 7) is 0. The van der Waals surface area contributed by atoms with Gasteiger partial charge in [0.25, 0.3) is 5.56 Å². The Morgan fingerprint density at radius 3 is 2.62 bits per heavy atom. The lowest BCUT2D eigenvalue weighted by Gasteiger charge is -2.13. The standard InChI is InChI=1S/C19H17N3O3S/c1-24-19(25-2)15-9-17(23)22-18(21-15)14(10-20-22)16-8-13(11-26-16)12-6-4-3-5-7-12/h3-11,19,21H,1-2H3. The number of methoxy groups -OCH3 is 2. The first-order valence-corrected chi connectivity index (χ1v) is 8.90. The largest absolute Gasteiger partial charge is 0.350 e. The minimum Gasteiger partial charge on any atom is -0.350 e. The number of ether oxygens (including phenoxy) is 2. The highest BCUT2D eigenvalue weighted by Gasteiger charge is 2.17. The van der Waals surface area contributed by atoms with Gasteiger partial charge in [0.15, 0.2) is 6.29 Å². The quantitative estimate of drug-likeness (QED) is 0.546. The number of fused-ring (bicyclic) bond motifs is 1. The molecule has 0 unspecified atom stereocenters.